The van der Waals surface area contributed by atoms with Crippen LogP contribution in [0, 0.1) is 6.92 Å². The molecule has 3 aromatic rings. The molecule has 2 heterocycles. The average molecular weight is 407 g/mol. The van der Waals surface area contributed by atoms with Crippen LogP contribution in [0.4, 0.5) is 11.6 Å². The minimum Gasteiger partial charge on any atom is -0.497 e. The lowest BCUT2D eigenvalue weighted by atomic mass is 10.1. The first-order chi connectivity index (χ1) is 14.6. The van der Waals surface area contributed by atoms with Gasteiger partial charge in [0.25, 0.3) is 5.91 Å². The Bertz CT molecular complexity index is 974. The van der Waals surface area contributed by atoms with Crippen molar-refractivity contribution in [1.82, 2.24) is 5.16 Å². The monoisotopic (exact) mass is 407 g/mol. The zero-order chi connectivity index (χ0) is 20.9. The summed E-state index contributed by atoms with van der Waals surface area (Å²) in [4.78, 5) is 16.0. The fraction of sp³-hybridized carbons (Fsp3) is 0.304. The first-order valence-electron chi connectivity index (χ1n) is 10.2. The molecule has 4 rings (SSSR count). The smallest absolute Gasteiger partial charge is 0.281 e. The predicted octanol–water partition coefficient (Wildman–Crippen LogP) is 2.00. The number of anilines is 2. The van der Waals surface area contributed by atoms with Crippen molar-refractivity contribution in [2.45, 2.75) is 6.92 Å². The number of rotatable bonds is 6. The van der Waals surface area contributed by atoms with Crippen molar-refractivity contribution in [2.75, 3.05) is 50.1 Å². The van der Waals surface area contributed by atoms with E-state index in [4.69, 9.17) is 9.26 Å². The molecule has 0 unspecified atom stereocenters. The number of carbonyl (C=O) groups excluding carboxylic acids is 1. The molecule has 1 fully saturated rings. The zero-order valence-corrected chi connectivity index (χ0v) is 17.4. The van der Waals surface area contributed by atoms with Gasteiger partial charge in [-0.2, -0.15) is 0 Å². The van der Waals surface area contributed by atoms with E-state index in [0.29, 0.717) is 18.1 Å². The first-order valence-corrected chi connectivity index (χ1v) is 10.2. The van der Waals surface area contributed by atoms with Crippen LogP contribution in [0.1, 0.15) is 5.56 Å². The molecule has 0 aliphatic carbocycles. The Labute approximate surface area is 176 Å². The maximum absolute atomic E-state index is 12.4. The molecule has 0 atom stereocenters. The number of quaternary nitrogens is 1. The Morgan fingerprint density at radius 2 is 1.83 bits per heavy atom. The van der Waals surface area contributed by atoms with Crippen molar-refractivity contribution >= 4 is 17.5 Å². The van der Waals surface area contributed by atoms with Crippen LogP contribution < -0.4 is 19.9 Å². The molecule has 30 heavy (non-hydrogen) atoms. The summed E-state index contributed by atoms with van der Waals surface area (Å²) < 4.78 is 10.5. The number of aromatic nitrogens is 1. The van der Waals surface area contributed by atoms with Gasteiger partial charge in [0.1, 0.15) is 11.4 Å². The van der Waals surface area contributed by atoms with Crippen LogP contribution in [0.15, 0.2) is 59.1 Å². The van der Waals surface area contributed by atoms with E-state index >= 15 is 0 Å². The Hall–Kier alpha value is -3.32. The minimum absolute atomic E-state index is 0.0606. The number of methoxy groups -OCH3 is 1. The summed E-state index contributed by atoms with van der Waals surface area (Å²) in [6.07, 6.45) is 0. The number of nitrogens with zero attached hydrogens (tertiary/aromatic N) is 2. The fourth-order valence-electron chi connectivity index (χ4n) is 3.65. The molecule has 1 saturated heterocycles. The molecule has 1 aliphatic rings. The summed E-state index contributed by atoms with van der Waals surface area (Å²) in [5.41, 5.74) is 4.05. The number of carbonyl (C=O) groups is 1. The normalized spacial score (nSPS) is 14.5. The molecule has 7 heteroatoms. The van der Waals surface area contributed by atoms with E-state index in [9.17, 15) is 4.79 Å². The minimum atomic E-state index is -0.0606. The highest BCUT2D eigenvalue weighted by atomic mass is 16.5. The van der Waals surface area contributed by atoms with E-state index < -0.39 is 0 Å². The van der Waals surface area contributed by atoms with Gasteiger partial charge in [0.05, 0.1) is 33.3 Å². The van der Waals surface area contributed by atoms with Crippen LogP contribution >= 0.6 is 0 Å². The summed E-state index contributed by atoms with van der Waals surface area (Å²) in [6, 6.07) is 17.9. The van der Waals surface area contributed by atoms with Crippen molar-refractivity contribution in [3.05, 3.63) is 60.2 Å². The number of amides is 1. The van der Waals surface area contributed by atoms with Crippen molar-refractivity contribution in [1.29, 1.82) is 0 Å². The van der Waals surface area contributed by atoms with E-state index in [2.05, 4.69) is 27.5 Å². The molecular formula is C23H27N4O3+. The van der Waals surface area contributed by atoms with Gasteiger partial charge in [-0.1, -0.05) is 35.0 Å². The number of hydrogen-bond acceptors (Lipinski definition) is 5. The lowest BCUT2D eigenvalue weighted by Crippen LogP contribution is -3.15. The number of aryl methyl sites for hydroxylation is 1. The highest BCUT2D eigenvalue weighted by Gasteiger charge is 2.23. The zero-order valence-electron chi connectivity index (χ0n) is 17.4. The van der Waals surface area contributed by atoms with Crippen molar-refractivity contribution in [3.8, 4) is 17.0 Å². The van der Waals surface area contributed by atoms with Crippen molar-refractivity contribution in [2.24, 2.45) is 0 Å². The van der Waals surface area contributed by atoms with Crippen LogP contribution in [-0.4, -0.2) is 50.9 Å². The Morgan fingerprint density at radius 1 is 1.13 bits per heavy atom. The maximum atomic E-state index is 12.4. The number of hydrogen-bond donors (Lipinski definition) is 2. The van der Waals surface area contributed by atoms with Gasteiger partial charge >= 0.3 is 0 Å². The SMILES string of the molecule is COc1ccc(N2CC[NH+](CC(=O)Nc3cc(-c4ccc(C)cc4)no3)CC2)cc1. The van der Waals surface area contributed by atoms with E-state index in [1.54, 1.807) is 13.2 Å². The molecule has 0 saturated carbocycles. The van der Waals surface area contributed by atoms with Gasteiger partial charge in [-0.3, -0.25) is 10.1 Å². The standard InChI is InChI=1S/C23H26N4O3/c1-17-3-5-18(6-4-17)21-15-23(30-25-21)24-22(28)16-26-11-13-27(14-12-26)19-7-9-20(29-2)10-8-19/h3-10,15H,11-14,16H2,1-2H3,(H,24,28)/p+1. The number of benzene rings is 2. The molecule has 1 amide bonds. The summed E-state index contributed by atoms with van der Waals surface area (Å²) in [5.74, 6) is 1.18. The highest BCUT2D eigenvalue weighted by Crippen LogP contribution is 2.22. The first kappa shape index (κ1) is 20.0. The van der Waals surface area contributed by atoms with Crippen molar-refractivity contribution in [3.63, 3.8) is 0 Å². The molecule has 2 N–H and O–H groups in total. The molecular weight excluding hydrogens is 380 g/mol. The van der Waals surface area contributed by atoms with E-state index in [1.165, 1.54) is 16.2 Å². The molecule has 0 radical (unpaired) electrons. The van der Waals surface area contributed by atoms with Gasteiger partial charge in [-0.05, 0) is 31.2 Å². The third kappa shape index (κ3) is 4.80. The van der Waals surface area contributed by atoms with Gasteiger partial charge < -0.3 is 19.1 Å². The second kappa shape index (κ2) is 9.00. The van der Waals surface area contributed by atoms with Crippen LogP contribution in [0.2, 0.25) is 0 Å². The van der Waals surface area contributed by atoms with Gasteiger partial charge in [0.15, 0.2) is 6.54 Å². The maximum Gasteiger partial charge on any atom is 0.281 e. The number of nitrogens with one attached hydrogen (secondary N) is 2. The largest absolute Gasteiger partial charge is 0.497 e. The van der Waals surface area contributed by atoms with Crippen molar-refractivity contribution < 1.29 is 19.0 Å². The lowest BCUT2D eigenvalue weighted by Gasteiger charge is -2.33. The molecule has 156 valence electrons. The second-order valence-corrected chi connectivity index (χ2v) is 7.60. The van der Waals surface area contributed by atoms with Crippen LogP contribution in [0.25, 0.3) is 11.3 Å². The van der Waals surface area contributed by atoms with E-state index in [1.807, 2.05) is 43.3 Å². The summed E-state index contributed by atoms with van der Waals surface area (Å²) >= 11 is 0. The quantitative estimate of drug-likeness (QED) is 0.654. The Kier molecular flexibility index (Phi) is 5.99. The van der Waals surface area contributed by atoms with Gasteiger partial charge in [-0.25, -0.2) is 0 Å². The highest BCUT2D eigenvalue weighted by molar-refractivity contribution is 5.90. The third-order valence-corrected chi connectivity index (χ3v) is 5.44. The fourth-order valence-corrected chi connectivity index (χ4v) is 3.65. The molecule has 2 aromatic carbocycles. The van der Waals surface area contributed by atoms with Crippen LogP contribution in [0.3, 0.4) is 0 Å². The van der Waals surface area contributed by atoms with E-state index in [-0.39, 0.29) is 5.91 Å². The molecule has 0 spiro atoms. The Morgan fingerprint density at radius 3 is 2.50 bits per heavy atom. The van der Waals surface area contributed by atoms with Gasteiger partial charge in [0, 0.05) is 17.3 Å². The lowest BCUT2D eigenvalue weighted by molar-refractivity contribution is -0.892. The molecule has 0 bridgehead atoms. The van der Waals surface area contributed by atoms with Gasteiger partial charge in [0.2, 0.25) is 5.88 Å². The van der Waals surface area contributed by atoms with E-state index in [0.717, 1.165) is 37.5 Å². The average Bonchev–Trinajstić information content (AvgIpc) is 3.23. The second-order valence-electron chi connectivity index (χ2n) is 7.60. The van der Waals surface area contributed by atoms with Gasteiger partial charge in [-0.15, -0.1) is 0 Å². The summed E-state index contributed by atoms with van der Waals surface area (Å²) in [6.45, 7) is 6.09. The summed E-state index contributed by atoms with van der Waals surface area (Å²) in [5, 5.41) is 6.89. The topological polar surface area (TPSA) is 72.0 Å². The Balaban J connectivity index is 1.26. The number of ether oxygens (including phenoxy) is 1. The molecule has 7 nitrogen and oxygen atoms in total. The molecule has 1 aliphatic heterocycles. The van der Waals surface area contributed by atoms with Crippen LogP contribution in [0.5, 0.6) is 5.75 Å². The third-order valence-electron chi connectivity index (χ3n) is 5.44. The predicted molar refractivity (Wildman–Crippen MR) is 116 cm³/mol. The van der Waals surface area contributed by atoms with Crippen LogP contribution in [-0.2, 0) is 4.79 Å². The molecule has 1 aromatic heterocycles. The summed E-state index contributed by atoms with van der Waals surface area (Å²) in [7, 11) is 1.67. The number of piperazine rings is 1.